The lowest BCUT2D eigenvalue weighted by Crippen LogP contribution is -2.47. The number of pyridine rings is 1. The molecule has 0 amide bonds. The van der Waals surface area contributed by atoms with Gasteiger partial charge in [0.05, 0.1) is 0 Å². The Labute approximate surface area is 97.8 Å². The molecule has 0 radical (unpaired) electrons. The summed E-state index contributed by atoms with van der Waals surface area (Å²) < 4.78 is 0. The van der Waals surface area contributed by atoms with E-state index < -0.39 is 0 Å². The molecule has 0 aliphatic carbocycles. The Morgan fingerprint density at radius 1 is 1.31 bits per heavy atom. The van der Waals surface area contributed by atoms with E-state index in [1.165, 1.54) is 24.8 Å². The van der Waals surface area contributed by atoms with Crippen molar-refractivity contribution < 1.29 is 0 Å². The van der Waals surface area contributed by atoms with Gasteiger partial charge < -0.3 is 5.43 Å². The van der Waals surface area contributed by atoms with Crippen molar-refractivity contribution in [2.45, 2.75) is 52.1 Å². The van der Waals surface area contributed by atoms with Crippen molar-refractivity contribution in [3.63, 3.8) is 0 Å². The number of aryl methyl sites for hydroxylation is 1. The minimum Gasteiger partial charge on any atom is -0.303 e. The van der Waals surface area contributed by atoms with E-state index in [2.05, 4.69) is 42.3 Å². The monoisotopic (exact) mass is 219 g/mol. The van der Waals surface area contributed by atoms with E-state index in [1.807, 2.05) is 12.3 Å². The molecule has 2 rings (SSSR count). The topological polar surface area (TPSA) is 28.2 Å². The summed E-state index contributed by atoms with van der Waals surface area (Å²) in [5, 5.41) is 2.34. The van der Waals surface area contributed by atoms with Crippen molar-refractivity contribution in [1.29, 1.82) is 0 Å². The van der Waals surface area contributed by atoms with Crippen LogP contribution in [0.2, 0.25) is 0 Å². The third-order valence-electron chi connectivity index (χ3n) is 3.35. The molecule has 0 bridgehead atoms. The molecule has 1 aliphatic heterocycles. The fraction of sp³-hybridized carbons (Fsp3) is 0.615. The molecular formula is C13H21N3. The Balaban J connectivity index is 2.07. The van der Waals surface area contributed by atoms with Crippen molar-refractivity contribution in [2.75, 3.05) is 5.43 Å². The number of nitrogens with one attached hydrogen (secondary N) is 1. The lowest BCUT2D eigenvalue weighted by molar-refractivity contribution is 0.135. The molecule has 0 saturated carbocycles. The van der Waals surface area contributed by atoms with Crippen molar-refractivity contribution in [3.05, 3.63) is 23.9 Å². The first kappa shape index (κ1) is 11.4. The number of hydrazine groups is 1. The minimum atomic E-state index is 0.589. The van der Waals surface area contributed by atoms with Crippen LogP contribution in [0.3, 0.4) is 0 Å². The lowest BCUT2D eigenvalue weighted by Gasteiger charge is -2.39. The van der Waals surface area contributed by atoms with Gasteiger partial charge in [0.1, 0.15) is 5.82 Å². The van der Waals surface area contributed by atoms with Crippen LogP contribution in [0.15, 0.2) is 18.3 Å². The first-order chi connectivity index (χ1) is 7.66. The van der Waals surface area contributed by atoms with Crippen LogP contribution in [-0.2, 0) is 0 Å². The second-order valence-electron chi connectivity index (χ2n) is 4.87. The van der Waals surface area contributed by atoms with Gasteiger partial charge in [-0.15, -0.1) is 0 Å². The van der Waals surface area contributed by atoms with E-state index in [0.29, 0.717) is 12.1 Å². The van der Waals surface area contributed by atoms with E-state index in [9.17, 15) is 0 Å². The van der Waals surface area contributed by atoms with E-state index >= 15 is 0 Å². The zero-order valence-electron chi connectivity index (χ0n) is 10.4. The highest BCUT2D eigenvalue weighted by molar-refractivity contribution is 5.36. The maximum Gasteiger partial charge on any atom is 0.140 e. The molecule has 1 aromatic heterocycles. The van der Waals surface area contributed by atoms with Crippen LogP contribution in [0.25, 0.3) is 0 Å². The average Bonchev–Trinajstić information content (AvgIpc) is 2.24. The number of hydrogen-bond acceptors (Lipinski definition) is 3. The van der Waals surface area contributed by atoms with Crippen LogP contribution in [0.1, 0.15) is 38.7 Å². The highest BCUT2D eigenvalue weighted by atomic mass is 15.5. The van der Waals surface area contributed by atoms with Crippen LogP contribution in [0, 0.1) is 6.92 Å². The summed E-state index contributed by atoms with van der Waals surface area (Å²) in [7, 11) is 0. The summed E-state index contributed by atoms with van der Waals surface area (Å²) in [6, 6.07) is 5.29. The number of anilines is 1. The van der Waals surface area contributed by atoms with Crippen LogP contribution in [0.5, 0.6) is 0 Å². The van der Waals surface area contributed by atoms with Gasteiger partial charge in [0.2, 0.25) is 0 Å². The van der Waals surface area contributed by atoms with Crippen LogP contribution < -0.4 is 5.43 Å². The summed E-state index contributed by atoms with van der Waals surface area (Å²) in [5.41, 5.74) is 4.69. The second kappa shape index (κ2) is 4.83. The van der Waals surface area contributed by atoms with Gasteiger partial charge in [-0.2, -0.15) is 0 Å². The highest BCUT2D eigenvalue weighted by Crippen LogP contribution is 2.22. The van der Waals surface area contributed by atoms with Crippen molar-refractivity contribution in [1.82, 2.24) is 9.99 Å². The summed E-state index contributed by atoms with van der Waals surface area (Å²) in [4.78, 5) is 4.35. The van der Waals surface area contributed by atoms with Gasteiger partial charge in [-0.3, -0.25) is 0 Å². The first-order valence-electron chi connectivity index (χ1n) is 6.14. The predicted octanol–water partition coefficient (Wildman–Crippen LogP) is 2.98. The molecule has 2 atom stereocenters. The van der Waals surface area contributed by atoms with Gasteiger partial charge in [-0.05, 0) is 51.3 Å². The van der Waals surface area contributed by atoms with E-state index in [-0.39, 0.29) is 0 Å². The third kappa shape index (κ3) is 2.53. The maximum absolute atomic E-state index is 4.35. The van der Waals surface area contributed by atoms with E-state index in [0.717, 1.165) is 5.82 Å². The SMILES string of the molecule is Cc1ccnc(NN2[C@@H](C)CCC[C@@H]2C)c1. The molecule has 0 unspecified atom stereocenters. The normalized spacial score (nSPS) is 26.7. The standard InChI is InChI=1S/C13H21N3/c1-10-7-8-14-13(9-10)15-16-11(2)5-4-6-12(16)3/h7-9,11-12H,4-6H2,1-3H3,(H,14,15)/t11-,12-/m0/s1. The Kier molecular flexibility index (Phi) is 3.44. The van der Waals surface area contributed by atoms with E-state index in [4.69, 9.17) is 0 Å². The molecule has 0 aromatic carbocycles. The molecule has 2 heterocycles. The second-order valence-corrected chi connectivity index (χ2v) is 4.87. The van der Waals surface area contributed by atoms with Crippen LogP contribution >= 0.6 is 0 Å². The fourth-order valence-electron chi connectivity index (χ4n) is 2.37. The average molecular weight is 219 g/mol. The summed E-state index contributed by atoms with van der Waals surface area (Å²) >= 11 is 0. The number of rotatable bonds is 2. The Morgan fingerprint density at radius 3 is 2.62 bits per heavy atom. The number of hydrogen-bond donors (Lipinski definition) is 1. The Morgan fingerprint density at radius 2 is 2.00 bits per heavy atom. The first-order valence-corrected chi connectivity index (χ1v) is 6.14. The summed E-state index contributed by atoms with van der Waals surface area (Å²) in [6.07, 6.45) is 5.73. The summed E-state index contributed by atoms with van der Waals surface area (Å²) in [6.45, 7) is 6.65. The van der Waals surface area contributed by atoms with Crippen molar-refractivity contribution in [2.24, 2.45) is 0 Å². The van der Waals surface area contributed by atoms with E-state index in [1.54, 1.807) is 0 Å². The molecule has 3 heteroatoms. The predicted molar refractivity (Wildman–Crippen MR) is 67.2 cm³/mol. The lowest BCUT2D eigenvalue weighted by atomic mass is 10.00. The highest BCUT2D eigenvalue weighted by Gasteiger charge is 2.24. The van der Waals surface area contributed by atoms with Crippen LogP contribution in [-0.4, -0.2) is 22.1 Å². The minimum absolute atomic E-state index is 0.589. The zero-order chi connectivity index (χ0) is 11.5. The van der Waals surface area contributed by atoms with Gasteiger partial charge in [0, 0.05) is 18.3 Å². The van der Waals surface area contributed by atoms with Crippen LogP contribution in [0.4, 0.5) is 5.82 Å². The largest absolute Gasteiger partial charge is 0.303 e. The van der Waals surface area contributed by atoms with Gasteiger partial charge in [-0.25, -0.2) is 9.99 Å². The number of piperidine rings is 1. The molecule has 88 valence electrons. The molecule has 0 spiro atoms. The van der Waals surface area contributed by atoms with Crippen molar-refractivity contribution >= 4 is 5.82 Å². The zero-order valence-corrected chi connectivity index (χ0v) is 10.4. The molecule has 1 aromatic rings. The quantitative estimate of drug-likeness (QED) is 0.829. The van der Waals surface area contributed by atoms with Crippen molar-refractivity contribution in [3.8, 4) is 0 Å². The molecule has 1 N–H and O–H groups in total. The third-order valence-corrected chi connectivity index (χ3v) is 3.35. The fourth-order valence-corrected chi connectivity index (χ4v) is 2.37. The maximum atomic E-state index is 4.35. The molecule has 1 aliphatic rings. The number of nitrogens with zero attached hydrogens (tertiary/aromatic N) is 2. The Bertz CT molecular complexity index is 341. The molecule has 3 nitrogen and oxygen atoms in total. The smallest absolute Gasteiger partial charge is 0.140 e. The Hall–Kier alpha value is -1.09. The van der Waals surface area contributed by atoms with Gasteiger partial charge in [0.25, 0.3) is 0 Å². The molecular weight excluding hydrogens is 198 g/mol. The van der Waals surface area contributed by atoms with Gasteiger partial charge >= 0.3 is 0 Å². The van der Waals surface area contributed by atoms with Gasteiger partial charge in [-0.1, -0.05) is 6.42 Å². The van der Waals surface area contributed by atoms with Gasteiger partial charge in [0.15, 0.2) is 0 Å². The molecule has 1 fully saturated rings. The molecule has 1 saturated heterocycles. The number of aromatic nitrogens is 1. The molecule has 16 heavy (non-hydrogen) atoms. The summed E-state index contributed by atoms with van der Waals surface area (Å²) in [5.74, 6) is 0.959.